The highest BCUT2D eigenvalue weighted by Gasteiger charge is 2.25. The Morgan fingerprint density at radius 2 is 1.86 bits per heavy atom. The molecular weight excluding hydrogens is 360 g/mol. The fourth-order valence-electron chi connectivity index (χ4n) is 3.75. The monoisotopic (exact) mass is 394 g/mol. The van der Waals surface area contributed by atoms with E-state index in [9.17, 15) is 0 Å². The summed E-state index contributed by atoms with van der Waals surface area (Å²) in [7, 11) is 0. The second-order valence-corrected chi connectivity index (χ2v) is 7.92. The molecule has 1 aliphatic rings. The van der Waals surface area contributed by atoms with E-state index in [0.717, 1.165) is 49.4 Å². The number of hydrogen-bond acceptors (Lipinski definition) is 3. The van der Waals surface area contributed by atoms with Gasteiger partial charge in [-0.25, -0.2) is 0 Å². The van der Waals surface area contributed by atoms with Crippen LogP contribution < -0.4 is 15.4 Å². The highest BCUT2D eigenvalue weighted by molar-refractivity contribution is 5.94. The van der Waals surface area contributed by atoms with Gasteiger partial charge >= 0.3 is 0 Å². The molecular formula is C24H34N4O. The minimum absolute atomic E-state index is 0.411. The highest BCUT2D eigenvalue weighted by Crippen LogP contribution is 2.24. The predicted molar refractivity (Wildman–Crippen MR) is 121 cm³/mol. The topological polar surface area (TPSA) is 65.6 Å². The van der Waals surface area contributed by atoms with Gasteiger partial charge < -0.3 is 20.3 Å². The molecule has 0 spiro atoms. The summed E-state index contributed by atoms with van der Waals surface area (Å²) in [6.45, 7) is 7.19. The summed E-state index contributed by atoms with van der Waals surface area (Å²) in [6, 6.07) is 16.9. The first-order chi connectivity index (χ1) is 14.1. The van der Waals surface area contributed by atoms with Crippen molar-refractivity contribution in [2.75, 3.05) is 24.5 Å². The number of piperidine rings is 1. The molecule has 1 heterocycles. The van der Waals surface area contributed by atoms with E-state index in [-0.39, 0.29) is 0 Å². The van der Waals surface area contributed by atoms with Gasteiger partial charge in [0.25, 0.3) is 0 Å². The number of ether oxygens (including phenoxy) is 1. The van der Waals surface area contributed by atoms with E-state index < -0.39 is 0 Å². The zero-order valence-corrected chi connectivity index (χ0v) is 17.7. The second kappa shape index (κ2) is 10.3. The number of benzene rings is 2. The Labute approximate surface area is 175 Å². The number of aryl methyl sites for hydroxylation is 1. The fraction of sp³-hybridized carbons (Fsp3) is 0.458. The number of rotatable bonds is 7. The van der Waals surface area contributed by atoms with Gasteiger partial charge in [-0.05, 0) is 75.9 Å². The molecule has 3 rings (SSSR count). The zero-order chi connectivity index (χ0) is 20.6. The van der Waals surface area contributed by atoms with Crippen LogP contribution in [0.1, 0.15) is 43.7 Å². The SMILES string of the molecule is Cc1ccc(COc2ccc(N(CCCN)C(=N)N3CCCCC3C)cc2)cc1. The van der Waals surface area contributed by atoms with Gasteiger partial charge in [0.05, 0.1) is 0 Å². The number of likely N-dealkylation sites (tertiary alicyclic amines) is 1. The van der Waals surface area contributed by atoms with Crippen molar-refractivity contribution in [2.24, 2.45) is 5.73 Å². The second-order valence-electron chi connectivity index (χ2n) is 7.92. The standard InChI is InChI=1S/C24H34N4O/c1-19-7-9-21(10-8-19)18-29-23-13-11-22(12-14-23)28(17-5-15-25)24(26)27-16-4-3-6-20(27)2/h7-14,20,26H,3-6,15-18,25H2,1-2H3. The van der Waals surface area contributed by atoms with Crippen LogP contribution in [0.4, 0.5) is 5.69 Å². The van der Waals surface area contributed by atoms with Crippen molar-refractivity contribution in [1.82, 2.24) is 4.90 Å². The summed E-state index contributed by atoms with van der Waals surface area (Å²) < 4.78 is 5.94. The third-order valence-corrected chi connectivity index (χ3v) is 5.59. The Bertz CT molecular complexity index is 772. The van der Waals surface area contributed by atoms with Crippen molar-refractivity contribution < 1.29 is 4.74 Å². The summed E-state index contributed by atoms with van der Waals surface area (Å²) in [4.78, 5) is 4.31. The zero-order valence-electron chi connectivity index (χ0n) is 17.7. The van der Waals surface area contributed by atoms with Crippen molar-refractivity contribution in [3.05, 3.63) is 59.7 Å². The van der Waals surface area contributed by atoms with Gasteiger partial charge in [-0.15, -0.1) is 0 Å². The molecule has 3 N–H and O–H groups in total. The molecule has 5 heteroatoms. The smallest absolute Gasteiger partial charge is 0.198 e. The fourth-order valence-corrected chi connectivity index (χ4v) is 3.75. The Hall–Kier alpha value is -2.53. The summed E-state index contributed by atoms with van der Waals surface area (Å²) >= 11 is 0. The molecule has 1 aliphatic heterocycles. The number of guanidine groups is 1. The van der Waals surface area contributed by atoms with Crippen molar-refractivity contribution in [1.29, 1.82) is 5.41 Å². The van der Waals surface area contributed by atoms with Gasteiger partial charge in [-0.1, -0.05) is 29.8 Å². The average molecular weight is 395 g/mol. The summed E-state index contributed by atoms with van der Waals surface area (Å²) in [5.74, 6) is 1.42. The lowest BCUT2D eigenvalue weighted by molar-refractivity contribution is 0.252. The van der Waals surface area contributed by atoms with Gasteiger partial charge in [0.2, 0.25) is 0 Å². The predicted octanol–water partition coefficient (Wildman–Crippen LogP) is 4.54. The molecule has 1 atom stereocenters. The average Bonchev–Trinajstić information content (AvgIpc) is 2.74. The Kier molecular flexibility index (Phi) is 7.53. The van der Waals surface area contributed by atoms with Crippen LogP contribution in [0.25, 0.3) is 0 Å². The molecule has 1 saturated heterocycles. The van der Waals surface area contributed by atoms with E-state index in [2.05, 4.69) is 47.9 Å². The number of hydrogen-bond donors (Lipinski definition) is 2. The molecule has 0 aliphatic carbocycles. The van der Waals surface area contributed by atoms with Gasteiger partial charge in [-0.2, -0.15) is 0 Å². The molecule has 0 amide bonds. The lowest BCUT2D eigenvalue weighted by Crippen LogP contribution is -2.50. The number of nitrogens with one attached hydrogen (secondary N) is 1. The Morgan fingerprint density at radius 1 is 1.14 bits per heavy atom. The van der Waals surface area contributed by atoms with Gasteiger partial charge in [0, 0.05) is 24.8 Å². The maximum atomic E-state index is 8.83. The van der Waals surface area contributed by atoms with Crippen molar-refractivity contribution in [3.8, 4) is 5.75 Å². The van der Waals surface area contributed by atoms with E-state index in [0.29, 0.717) is 25.2 Å². The van der Waals surface area contributed by atoms with Crippen LogP contribution in [0.2, 0.25) is 0 Å². The van der Waals surface area contributed by atoms with Crippen LogP contribution in [0.15, 0.2) is 48.5 Å². The Balaban J connectivity index is 1.67. The Morgan fingerprint density at radius 3 is 2.52 bits per heavy atom. The molecule has 1 unspecified atom stereocenters. The lowest BCUT2D eigenvalue weighted by atomic mass is 10.0. The lowest BCUT2D eigenvalue weighted by Gasteiger charge is -2.40. The van der Waals surface area contributed by atoms with E-state index in [1.54, 1.807) is 0 Å². The van der Waals surface area contributed by atoms with Crippen molar-refractivity contribution >= 4 is 11.6 Å². The number of nitrogens with two attached hydrogens (primary N) is 1. The van der Waals surface area contributed by atoms with Gasteiger partial charge in [0.15, 0.2) is 5.96 Å². The molecule has 0 aromatic heterocycles. The van der Waals surface area contributed by atoms with Crippen LogP contribution >= 0.6 is 0 Å². The summed E-state index contributed by atoms with van der Waals surface area (Å²) in [5, 5.41) is 8.83. The number of nitrogens with zero attached hydrogens (tertiary/aromatic N) is 2. The molecule has 156 valence electrons. The van der Waals surface area contributed by atoms with Crippen molar-refractivity contribution in [2.45, 2.75) is 52.2 Å². The first-order valence-corrected chi connectivity index (χ1v) is 10.7. The molecule has 2 aromatic carbocycles. The third-order valence-electron chi connectivity index (χ3n) is 5.59. The van der Waals surface area contributed by atoms with E-state index in [1.807, 2.05) is 24.3 Å². The minimum atomic E-state index is 0.411. The van der Waals surface area contributed by atoms with Crippen molar-refractivity contribution in [3.63, 3.8) is 0 Å². The largest absolute Gasteiger partial charge is 0.489 e. The van der Waals surface area contributed by atoms with Gasteiger partial charge in [-0.3, -0.25) is 5.41 Å². The van der Waals surface area contributed by atoms with E-state index >= 15 is 0 Å². The minimum Gasteiger partial charge on any atom is -0.489 e. The summed E-state index contributed by atoms with van der Waals surface area (Å²) in [6.07, 6.45) is 4.42. The molecule has 29 heavy (non-hydrogen) atoms. The number of anilines is 1. The molecule has 5 nitrogen and oxygen atoms in total. The molecule has 0 radical (unpaired) electrons. The van der Waals surface area contributed by atoms with E-state index in [4.69, 9.17) is 15.9 Å². The first-order valence-electron chi connectivity index (χ1n) is 10.7. The van der Waals surface area contributed by atoms with Crippen LogP contribution in [0, 0.1) is 12.3 Å². The first kappa shape index (κ1) is 21.2. The van der Waals surface area contributed by atoms with Crippen LogP contribution in [-0.2, 0) is 6.61 Å². The molecule has 0 bridgehead atoms. The van der Waals surface area contributed by atoms with Crippen LogP contribution in [0.3, 0.4) is 0 Å². The summed E-state index contributed by atoms with van der Waals surface area (Å²) in [5.41, 5.74) is 9.18. The highest BCUT2D eigenvalue weighted by atomic mass is 16.5. The molecule has 1 fully saturated rings. The molecule has 2 aromatic rings. The molecule has 0 saturated carbocycles. The van der Waals surface area contributed by atoms with Crippen LogP contribution in [-0.4, -0.2) is 36.5 Å². The maximum Gasteiger partial charge on any atom is 0.198 e. The van der Waals surface area contributed by atoms with Gasteiger partial charge in [0.1, 0.15) is 12.4 Å². The normalized spacial score (nSPS) is 16.5. The van der Waals surface area contributed by atoms with Crippen LogP contribution in [0.5, 0.6) is 5.75 Å². The quantitative estimate of drug-likeness (QED) is 0.534. The third kappa shape index (κ3) is 5.73. The maximum absolute atomic E-state index is 8.83. The van der Waals surface area contributed by atoms with E-state index in [1.165, 1.54) is 12.0 Å².